The highest BCUT2D eigenvalue weighted by Crippen LogP contribution is 2.10. The summed E-state index contributed by atoms with van der Waals surface area (Å²) in [6.07, 6.45) is 3.82. The van der Waals surface area contributed by atoms with Crippen molar-refractivity contribution in [1.82, 2.24) is 25.0 Å². The summed E-state index contributed by atoms with van der Waals surface area (Å²) in [5.41, 5.74) is 1.62. The molecule has 1 aliphatic heterocycles. The van der Waals surface area contributed by atoms with Crippen LogP contribution in [0.15, 0.2) is 28.0 Å². The van der Waals surface area contributed by atoms with Crippen molar-refractivity contribution in [3.05, 3.63) is 51.5 Å². The summed E-state index contributed by atoms with van der Waals surface area (Å²) in [4.78, 5) is 16.5. The van der Waals surface area contributed by atoms with Gasteiger partial charge >= 0.3 is 5.69 Å². The van der Waals surface area contributed by atoms with E-state index >= 15 is 0 Å². The number of aliphatic imine (C=N–C) groups is 1. The molecule has 0 bridgehead atoms. The number of halogens is 1. The molecule has 1 aromatic heterocycles. The van der Waals surface area contributed by atoms with Gasteiger partial charge in [-0.1, -0.05) is 12.1 Å². The topological polar surface area (TPSA) is 76.2 Å². The number of aryl methyl sites for hydroxylation is 3. The number of nitrogens with zero attached hydrogens (tertiary/aromatic N) is 4. The zero-order chi connectivity index (χ0) is 19.2. The van der Waals surface area contributed by atoms with Gasteiger partial charge in [0.1, 0.15) is 11.6 Å². The summed E-state index contributed by atoms with van der Waals surface area (Å²) in [6.45, 7) is 4.36. The summed E-state index contributed by atoms with van der Waals surface area (Å²) in [5, 5.41) is 10.9. The number of hydrogen-bond donors (Lipinski definition) is 2. The van der Waals surface area contributed by atoms with Gasteiger partial charge < -0.3 is 10.6 Å². The predicted octanol–water partition coefficient (Wildman–Crippen LogP) is 1.58. The molecule has 1 aliphatic rings. The van der Waals surface area contributed by atoms with Gasteiger partial charge in [0.2, 0.25) is 0 Å². The fourth-order valence-corrected chi connectivity index (χ4v) is 3.25. The third-order valence-electron chi connectivity index (χ3n) is 4.78. The first-order valence-corrected chi connectivity index (χ1v) is 9.44. The van der Waals surface area contributed by atoms with Crippen molar-refractivity contribution in [2.24, 2.45) is 4.99 Å². The summed E-state index contributed by atoms with van der Waals surface area (Å²) in [6, 6.07) is 5.06. The molecule has 0 saturated carbocycles. The van der Waals surface area contributed by atoms with Gasteiger partial charge in [-0.25, -0.2) is 13.9 Å². The molecule has 146 valence electrons. The Morgan fingerprint density at radius 3 is 2.93 bits per heavy atom. The van der Waals surface area contributed by atoms with E-state index in [9.17, 15) is 9.18 Å². The first-order valence-electron chi connectivity index (χ1n) is 9.44. The minimum Gasteiger partial charge on any atom is -0.356 e. The van der Waals surface area contributed by atoms with E-state index in [0.29, 0.717) is 31.2 Å². The lowest BCUT2D eigenvalue weighted by atomic mass is 10.1. The molecular formula is C19H27FN6O. The van der Waals surface area contributed by atoms with E-state index in [1.54, 1.807) is 29.3 Å². The van der Waals surface area contributed by atoms with Crippen LogP contribution in [-0.4, -0.2) is 33.9 Å². The quantitative estimate of drug-likeness (QED) is 0.457. The zero-order valence-electron chi connectivity index (χ0n) is 16.0. The van der Waals surface area contributed by atoms with E-state index < -0.39 is 0 Å². The Hall–Kier alpha value is -2.64. The van der Waals surface area contributed by atoms with Gasteiger partial charge in [0, 0.05) is 39.6 Å². The maximum Gasteiger partial charge on any atom is 0.345 e. The molecule has 2 N–H and O–H groups in total. The molecule has 0 radical (unpaired) electrons. The van der Waals surface area contributed by atoms with Crippen LogP contribution in [0.1, 0.15) is 36.2 Å². The molecule has 2 aromatic rings. The van der Waals surface area contributed by atoms with Crippen molar-refractivity contribution in [2.75, 3.05) is 13.6 Å². The van der Waals surface area contributed by atoms with E-state index in [-0.39, 0.29) is 11.5 Å². The summed E-state index contributed by atoms with van der Waals surface area (Å²) in [5.74, 6) is 1.39. The highest BCUT2D eigenvalue weighted by molar-refractivity contribution is 5.79. The molecule has 0 atom stereocenters. The fraction of sp³-hybridized carbons (Fsp3) is 0.526. The van der Waals surface area contributed by atoms with Gasteiger partial charge in [-0.2, -0.15) is 5.10 Å². The summed E-state index contributed by atoms with van der Waals surface area (Å²) < 4.78 is 16.7. The Kier molecular flexibility index (Phi) is 6.26. The predicted molar refractivity (Wildman–Crippen MR) is 103 cm³/mol. The van der Waals surface area contributed by atoms with E-state index in [2.05, 4.69) is 20.7 Å². The second-order valence-electron chi connectivity index (χ2n) is 6.82. The number of aromatic nitrogens is 3. The second-order valence-corrected chi connectivity index (χ2v) is 6.82. The third-order valence-corrected chi connectivity index (χ3v) is 4.78. The van der Waals surface area contributed by atoms with Gasteiger partial charge in [0.25, 0.3) is 0 Å². The number of nitrogens with one attached hydrogen (secondary N) is 2. The van der Waals surface area contributed by atoms with Crippen LogP contribution in [0.25, 0.3) is 0 Å². The molecule has 1 aromatic carbocycles. The minimum atomic E-state index is -0.197. The monoisotopic (exact) mass is 374 g/mol. The van der Waals surface area contributed by atoms with Crippen LogP contribution in [0.2, 0.25) is 0 Å². The van der Waals surface area contributed by atoms with Gasteiger partial charge in [-0.05, 0) is 43.4 Å². The van der Waals surface area contributed by atoms with Crippen LogP contribution in [0.3, 0.4) is 0 Å². The van der Waals surface area contributed by atoms with Gasteiger partial charge in [-0.15, -0.1) is 0 Å². The molecule has 3 rings (SSSR count). The summed E-state index contributed by atoms with van der Waals surface area (Å²) >= 11 is 0. The largest absolute Gasteiger partial charge is 0.356 e. The number of guanidine groups is 1. The maximum atomic E-state index is 13.3. The van der Waals surface area contributed by atoms with Crippen molar-refractivity contribution in [2.45, 2.75) is 52.2 Å². The van der Waals surface area contributed by atoms with Crippen molar-refractivity contribution in [3.63, 3.8) is 0 Å². The minimum absolute atomic E-state index is 0.00103. The van der Waals surface area contributed by atoms with E-state index in [4.69, 9.17) is 0 Å². The smallest absolute Gasteiger partial charge is 0.345 e. The zero-order valence-corrected chi connectivity index (χ0v) is 16.0. The highest BCUT2D eigenvalue weighted by atomic mass is 19.1. The molecule has 0 amide bonds. The molecule has 0 unspecified atom stereocenters. The molecule has 0 aliphatic carbocycles. The first kappa shape index (κ1) is 19.1. The van der Waals surface area contributed by atoms with Crippen molar-refractivity contribution >= 4 is 5.96 Å². The SMILES string of the molecule is CN=C(NCCCn1nc2n(c1=O)CCCC2)NCc1ccc(F)c(C)c1. The molecule has 27 heavy (non-hydrogen) atoms. The number of hydrogen-bond acceptors (Lipinski definition) is 3. The summed E-state index contributed by atoms with van der Waals surface area (Å²) in [7, 11) is 1.71. The van der Waals surface area contributed by atoms with Crippen LogP contribution in [-0.2, 0) is 26.1 Å². The van der Waals surface area contributed by atoms with Gasteiger partial charge in [-0.3, -0.25) is 9.56 Å². The molecule has 2 heterocycles. The van der Waals surface area contributed by atoms with E-state index in [1.807, 2.05) is 6.07 Å². The molecule has 0 fully saturated rings. The fourth-order valence-electron chi connectivity index (χ4n) is 3.25. The Labute approximate surface area is 158 Å². The second kappa shape index (κ2) is 8.83. The number of fused-ring (bicyclic) bond motifs is 1. The average Bonchev–Trinajstić information content (AvgIpc) is 3.00. The Morgan fingerprint density at radius 2 is 2.19 bits per heavy atom. The van der Waals surface area contributed by atoms with Crippen molar-refractivity contribution in [1.29, 1.82) is 0 Å². The van der Waals surface area contributed by atoms with Crippen molar-refractivity contribution < 1.29 is 4.39 Å². The number of benzene rings is 1. The Balaban J connectivity index is 1.44. The van der Waals surface area contributed by atoms with Crippen LogP contribution < -0.4 is 16.3 Å². The molecule has 7 nitrogen and oxygen atoms in total. The van der Waals surface area contributed by atoms with Gasteiger partial charge in [0.05, 0.1) is 0 Å². The molecule has 0 spiro atoms. The van der Waals surface area contributed by atoms with Crippen LogP contribution >= 0.6 is 0 Å². The van der Waals surface area contributed by atoms with Crippen molar-refractivity contribution in [3.8, 4) is 0 Å². The lowest BCUT2D eigenvalue weighted by molar-refractivity contribution is 0.509. The maximum absolute atomic E-state index is 13.3. The third kappa shape index (κ3) is 4.75. The molecular weight excluding hydrogens is 347 g/mol. The molecule has 0 saturated heterocycles. The lowest BCUT2D eigenvalue weighted by Gasteiger charge is -2.12. The van der Waals surface area contributed by atoms with Crippen LogP contribution in [0.5, 0.6) is 0 Å². The average molecular weight is 374 g/mol. The van der Waals surface area contributed by atoms with Crippen LogP contribution in [0, 0.1) is 12.7 Å². The Bertz CT molecular complexity index is 870. The van der Waals surface area contributed by atoms with Crippen LogP contribution in [0.4, 0.5) is 4.39 Å². The normalized spacial score (nSPS) is 14.1. The van der Waals surface area contributed by atoms with Gasteiger partial charge in [0.15, 0.2) is 5.96 Å². The number of rotatable bonds is 6. The van der Waals surface area contributed by atoms with E-state index in [0.717, 1.165) is 43.6 Å². The lowest BCUT2D eigenvalue weighted by Crippen LogP contribution is -2.38. The Morgan fingerprint density at radius 1 is 1.33 bits per heavy atom. The highest BCUT2D eigenvalue weighted by Gasteiger charge is 2.16. The van der Waals surface area contributed by atoms with E-state index in [1.165, 1.54) is 6.07 Å². The molecule has 8 heteroatoms. The standard InChI is InChI=1S/C19H27FN6O/c1-14-12-15(7-8-16(14)20)13-23-18(21-2)22-9-5-11-26-19(27)25-10-4-3-6-17(25)24-26/h7-8,12H,3-6,9-11,13H2,1-2H3,(H2,21,22,23). The first-order chi connectivity index (χ1) is 13.1.